The summed E-state index contributed by atoms with van der Waals surface area (Å²) in [5, 5.41) is 2.98. The van der Waals surface area contributed by atoms with Gasteiger partial charge in [0, 0.05) is 36.5 Å². The summed E-state index contributed by atoms with van der Waals surface area (Å²) in [7, 11) is 0. The predicted molar refractivity (Wildman–Crippen MR) is 215 cm³/mol. The summed E-state index contributed by atoms with van der Waals surface area (Å²) in [6.45, 7) is 0. The molecule has 10 rings (SSSR count). The highest BCUT2D eigenvalue weighted by molar-refractivity contribution is 7.25. The zero-order chi connectivity index (χ0) is 39.1. The van der Waals surface area contributed by atoms with Crippen LogP contribution in [0.5, 0.6) is 0 Å². The monoisotopic (exact) mass is 660 g/mol. The van der Waals surface area contributed by atoms with Crippen LogP contribution in [0.15, 0.2) is 188 Å². The zero-order valence-corrected chi connectivity index (χ0v) is 27.5. The van der Waals surface area contributed by atoms with Gasteiger partial charge in [-0.1, -0.05) is 145 Å². The number of para-hydroxylation sites is 1. The summed E-state index contributed by atoms with van der Waals surface area (Å²) in [6, 6.07) is 48.6. The van der Waals surface area contributed by atoms with Gasteiger partial charge in [-0.05, 0) is 81.4 Å². The maximum Gasteiger partial charge on any atom is 0.0638 e. The second kappa shape index (κ2) is 11.7. The molecule has 0 spiro atoms. The van der Waals surface area contributed by atoms with Gasteiger partial charge in [0.25, 0.3) is 0 Å². The highest BCUT2D eigenvalue weighted by atomic mass is 32.1. The third-order valence-electron chi connectivity index (χ3n) is 9.56. The van der Waals surface area contributed by atoms with Gasteiger partial charge < -0.3 is 4.57 Å². The summed E-state index contributed by atoms with van der Waals surface area (Å²) < 4.78 is 63.4. The van der Waals surface area contributed by atoms with Crippen molar-refractivity contribution in [2.24, 2.45) is 0 Å². The van der Waals surface area contributed by atoms with Crippen LogP contribution in [0.2, 0.25) is 0 Å². The van der Waals surface area contributed by atoms with Crippen LogP contribution in [0.25, 0.3) is 92.2 Å². The molecule has 50 heavy (non-hydrogen) atoms. The Morgan fingerprint density at radius 1 is 0.400 bits per heavy atom. The smallest absolute Gasteiger partial charge is 0.0638 e. The molecule has 0 N–H and O–H groups in total. The van der Waals surface area contributed by atoms with E-state index in [0.29, 0.717) is 25.9 Å². The highest BCUT2D eigenvalue weighted by Crippen LogP contribution is 2.42. The largest absolute Gasteiger partial charge is 0.309 e. The lowest BCUT2D eigenvalue weighted by molar-refractivity contribution is 1.18. The van der Waals surface area contributed by atoms with Gasteiger partial charge in [-0.15, -0.1) is 11.3 Å². The fraction of sp³-hybridized carbons (Fsp3) is 0. The molecule has 0 aliphatic rings. The lowest BCUT2D eigenvalue weighted by Gasteiger charge is -2.15. The Morgan fingerprint density at radius 3 is 1.60 bits per heavy atom. The van der Waals surface area contributed by atoms with Crippen LogP contribution in [-0.4, -0.2) is 4.57 Å². The summed E-state index contributed by atoms with van der Waals surface area (Å²) >= 11 is 1.08. The van der Waals surface area contributed by atoms with E-state index in [9.17, 15) is 0 Å². The number of hydrogen-bond acceptors (Lipinski definition) is 1. The third-order valence-corrected chi connectivity index (χ3v) is 10.6. The first-order chi connectivity index (χ1) is 27.7. The number of benzene rings is 8. The van der Waals surface area contributed by atoms with Gasteiger partial charge in [-0.25, -0.2) is 0 Å². The van der Waals surface area contributed by atoms with Crippen molar-refractivity contribution in [3.8, 4) is 50.2 Å². The Balaban J connectivity index is 1.16. The van der Waals surface area contributed by atoms with Crippen LogP contribution >= 0.6 is 11.3 Å². The second-order valence-corrected chi connectivity index (χ2v) is 13.4. The number of aromatic nitrogens is 1. The molecule has 1 nitrogen and oxygen atoms in total. The third kappa shape index (κ3) is 4.69. The van der Waals surface area contributed by atoms with Crippen molar-refractivity contribution in [1.29, 1.82) is 0 Å². The molecule has 2 heterocycles. The predicted octanol–water partition coefficient (Wildman–Crippen LogP) is 13.8. The van der Waals surface area contributed by atoms with E-state index in [1.54, 1.807) is 0 Å². The average Bonchev–Trinajstić information content (AvgIpc) is 3.81. The van der Waals surface area contributed by atoms with E-state index in [0.717, 1.165) is 72.2 Å². The molecule has 0 radical (unpaired) electrons. The number of hydrogen-bond donors (Lipinski definition) is 0. The molecule has 0 fully saturated rings. The Labute approximate surface area is 304 Å². The van der Waals surface area contributed by atoms with Gasteiger partial charge >= 0.3 is 0 Å². The minimum atomic E-state index is -0.365. The van der Waals surface area contributed by atoms with Crippen molar-refractivity contribution in [3.63, 3.8) is 0 Å². The number of rotatable bonds is 5. The Morgan fingerprint density at radius 2 is 0.940 bits per heavy atom. The van der Waals surface area contributed by atoms with Crippen LogP contribution in [0.3, 0.4) is 0 Å². The maximum atomic E-state index is 9.03. The fourth-order valence-electron chi connectivity index (χ4n) is 7.21. The maximum absolute atomic E-state index is 9.03. The summed E-state index contributed by atoms with van der Waals surface area (Å²) in [6.07, 6.45) is 0. The summed E-state index contributed by atoms with van der Waals surface area (Å²) in [5.41, 5.74) is 10.7. The van der Waals surface area contributed by atoms with E-state index >= 15 is 0 Å². The first-order valence-corrected chi connectivity index (χ1v) is 17.3. The number of nitrogens with zero attached hydrogens (tertiary/aromatic N) is 1. The first-order valence-electron chi connectivity index (χ1n) is 20.0. The standard InChI is InChI=1S/C48H31NS/c1-3-12-32(13-4-1)36-26-28-44-41(30-36)42-31-37(33-14-5-2-6-15-33)27-29-45(42)49(44)43-19-9-7-16-38(43)34-22-24-35(25-23-34)39-18-11-21-47-48(39)40-17-8-10-20-46(40)50-47/h1-31H/i8D,10D,11D,17D,18D,20D,21D. The SMILES string of the molecule is [2H]c1c([2H])c([2H])c2c(sc3c([2H])c([2H])c([2H])c(-c4ccc(-c5ccccc5-n5c6ccc(-c7ccccc7)cc6c6cc(-c7ccccc7)ccc65)cc4)c32)c1[2H]. The Hall–Kier alpha value is -6.22. The molecule has 0 saturated heterocycles. The van der Waals surface area contributed by atoms with Gasteiger partial charge in [0.15, 0.2) is 0 Å². The average molecular weight is 661 g/mol. The minimum Gasteiger partial charge on any atom is -0.309 e. The quantitative estimate of drug-likeness (QED) is 0.173. The van der Waals surface area contributed by atoms with E-state index in [1.165, 1.54) is 0 Å². The van der Waals surface area contributed by atoms with Crippen LogP contribution in [0.1, 0.15) is 9.60 Å². The van der Waals surface area contributed by atoms with Crippen LogP contribution in [0, 0.1) is 0 Å². The fourth-order valence-corrected chi connectivity index (χ4v) is 8.18. The molecule has 234 valence electrons. The van der Waals surface area contributed by atoms with Gasteiger partial charge in [0.05, 0.1) is 26.3 Å². The molecule has 8 aromatic carbocycles. The molecule has 10 aromatic rings. The Kier molecular flexibility index (Phi) is 5.26. The summed E-state index contributed by atoms with van der Waals surface area (Å²) in [5.74, 6) is 0. The van der Waals surface area contributed by atoms with Crippen LogP contribution in [0.4, 0.5) is 0 Å². The van der Waals surface area contributed by atoms with Gasteiger partial charge in [-0.2, -0.15) is 0 Å². The molecule has 0 saturated carbocycles. The van der Waals surface area contributed by atoms with Crippen molar-refractivity contribution in [2.75, 3.05) is 0 Å². The zero-order valence-electron chi connectivity index (χ0n) is 33.7. The topological polar surface area (TPSA) is 4.93 Å². The van der Waals surface area contributed by atoms with Gasteiger partial charge in [-0.3, -0.25) is 0 Å². The lowest BCUT2D eigenvalue weighted by Crippen LogP contribution is -1.97. The Bertz CT molecular complexity index is 3150. The first kappa shape index (κ1) is 22.4. The van der Waals surface area contributed by atoms with Crippen molar-refractivity contribution in [1.82, 2.24) is 4.57 Å². The van der Waals surface area contributed by atoms with E-state index in [4.69, 9.17) is 9.60 Å². The number of fused-ring (bicyclic) bond motifs is 6. The molecular weight excluding hydrogens is 623 g/mol. The highest BCUT2D eigenvalue weighted by Gasteiger charge is 2.18. The molecule has 0 aliphatic carbocycles. The van der Waals surface area contributed by atoms with E-state index in [2.05, 4.69) is 102 Å². The molecule has 0 aliphatic heterocycles. The van der Waals surface area contributed by atoms with Gasteiger partial charge in [0.2, 0.25) is 0 Å². The molecule has 0 bridgehead atoms. The molecule has 0 atom stereocenters. The summed E-state index contributed by atoms with van der Waals surface area (Å²) in [4.78, 5) is 0. The second-order valence-electron chi connectivity index (χ2n) is 12.4. The van der Waals surface area contributed by atoms with E-state index in [-0.39, 0.29) is 47.7 Å². The van der Waals surface area contributed by atoms with Crippen LogP contribution < -0.4 is 0 Å². The molecule has 2 aromatic heterocycles. The lowest BCUT2D eigenvalue weighted by atomic mass is 9.96. The number of thiophene rings is 1. The molecule has 0 unspecified atom stereocenters. The normalized spacial score (nSPS) is 13.6. The molecule has 0 amide bonds. The molecule has 2 heteroatoms. The van der Waals surface area contributed by atoms with E-state index < -0.39 is 0 Å². The van der Waals surface area contributed by atoms with Gasteiger partial charge in [0.1, 0.15) is 0 Å². The van der Waals surface area contributed by atoms with Crippen molar-refractivity contribution >= 4 is 53.3 Å². The molecular formula is C48H31NS. The minimum absolute atomic E-state index is 0.150. The van der Waals surface area contributed by atoms with E-state index in [1.807, 2.05) is 48.5 Å². The van der Waals surface area contributed by atoms with Crippen LogP contribution in [-0.2, 0) is 0 Å². The van der Waals surface area contributed by atoms with Crippen molar-refractivity contribution < 1.29 is 9.60 Å². The van der Waals surface area contributed by atoms with Crippen molar-refractivity contribution in [3.05, 3.63) is 188 Å². The van der Waals surface area contributed by atoms with Crippen molar-refractivity contribution in [2.45, 2.75) is 0 Å².